The monoisotopic (exact) mass is 455 g/mol. The van der Waals surface area contributed by atoms with Gasteiger partial charge in [0.1, 0.15) is 18.5 Å². The zero-order valence-corrected chi connectivity index (χ0v) is 18.2. The number of pyridine rings is 1. The maximum atomic E-state index is 12.2. The van der Waals surface area contributed by atoms with Gasteiger partial charge >= 0.3 is 6.03 Å². The molecule has 0 aliphatic carbocycles. The van der Waals surface area contributed by atoms with E-state index in [0.29, 0.717) is 48.8 Å². The highest BCUT2D eigenvalue weighted by Crippen LogP contribution is 2.32. The van der Waals surface area contributed by atoms with Crippen molar-refractivity contribution in [1.29, 1.82) is 0 Å². The zero-order valence-electron chi connectivity index (χ0n) is 17.4. The number of ether oxygens (including phenoxy) is 3. The molecule has 1 aromatic carbocycles. The van der Waals surface area contributed by atoms with E-state index in [2.05, 4.69) is 20.5 Å². The Bertz CT molecular complexity index is 1050. The highest BCUT2D eigenvalue weighted by atomic mass is 35.5. The molecule has 0 bridgehead atoms. The zero-order chi connectivity index (χ0) is 22.3. The van der Waals surface area contributed by atoms with Crippen molar-refractivity contribution in [3.8, 4) is 22.8 Å². The number of amides is 2. The number of anilines is 1. The van der Waals surface area contributed by atoms with E-state index in [1.165, 1.54) is 0 Å². The van der Waals surface area contributed by atoms with Gasteiger partial charge in [-0.3, -0.25) is 5.32 Å². The van der Waals surface area contributed by atoms with Gasteiger partial charge in [0.15, 0.2) is 5.82 Å². The third kappa shape index (κ3) is 5.43. The number of hydrogen-bond acceptors (Lipinski definition) is 7. The first-order chi connectivity index (χ1) is 15.6. The summed E-state index contributed by atoms with van der Waals surface area (Å²) in [6.07, 6.45) is 3.12. The highest BCUT2D eigenvalue weighted by Gasteiger charge is 2.32. The summed E-state index contributed by atoms with van der Waals surface area (Å²) in [6.45, 7) is 1.88. The van der Waals surface area contributed by atoms with Gasteiger partial charge in [-0.25, -0.2) is 9.78 Å². The molecule has 0 unspecified atom stereocenters. The number of hydrogen-bond donors (Lipinski definition) is 1. The van der Waals surface area contributed by atoms with E-state index in [-0.39, 0.29) is 12.1 Å². The fourth-order valence-electron chi connectivity index (χ4n) is 3.07. The normalized spacial score (nSPS) is 13.4. The Balaban J connectivity index is 1.30. The van der Waals surface area contributed by atoms with E-state index in [0.717, 1.165) is 11.1 Å². The van der Waals surface area contributed by atoms with Gasteiger partial charge in [-0.15, -0.1) is 5.10 Å². The molecule has 1 N–H and O–H groups in total. The molecule has 9 nitrogen and oxygen atoms in total. The van der Waals surface area contributed by atoms with Gasteiger partial charge in [0.25, 0.3) is 0 Å². The molecule has 2 amide bonds. The number of nitrogens with one attached hydrogen (secondary N) is 1. The lowest BCUT2D eigenvalue weighted by atomic mass is 10.1. The van der Waals surface area contributed by atoms with Crippen molar-refractivity contribution in [3.63, 3.8) is 0 Å². The lowest BCUT2D eigenvalue weighted by Crippen LogP contribution is -2.57. The molecule has 1 fully saturated rings. The van der Waals surface area contributed by atoms with Crippen LogP contribution in [-0.4, -0.2) is 65.6 Å². The van der Waals surface area contributed by atoms with Gasteiger partial charge in [-0.1, -0.05) is 11.6 Å². The first-order valence-corrected chi connectivity index (χ1v) is 10.4. The van der Waals surface area contributed by atoms with Crippen molar-refractivity contribution in [1.82, 2.24) is 20.1 Å². The van der Waals surface area contributed by atoms with Crippen LogP contribution in [0.3, 0.4) is 0 Å². The Morgan fingerprint density at radius 1 is 1.22 bits per heavy atom. The van der Waals surface area contributed by atoms with Crippen LogP contribution in [0.15, 0.2) is 54.9 Å². The van der Waals surface area contributed by atoms with E-state index in [4.69, 9.17) is 25.8 Å². The standard InChI is InChI=1S/C22H22ClN5O4/c1-30-9-10-31-16-5-6-19(23)18(11-16)15-4-7-21(24-12-15)32-17-13-28(14-17)22(29)26-20-3-2-8-25-27-20/h2-8,11-12,17H,9-10,13-14H2,1H3,(H,26,27,29). The number of halogens is 1. The number of likely N-dealkylation sites (tertiary alicyclic amines) is 1. The largest absolute Gasteiger partial charge is 0.491 e. The van der Waals surface area contributed by atoms with Crippen LogP contribution < -0.4 is 14.8 Å². The third-order valence-electron chi connectivity index (χ3n) is 4.77. The summed E-state index contributed by atoms with van der Waals surface area (Å²) in [7, 11) is 1.63. The minimum atomic E-state index is -0.240. The van der Waals surface area contributed by atoms with Crippen LogP contribution in [0.25, 0.3) is 11.1 Å². The van der Waals surface area contributed by atoms with Crippen LogP contribution in [0.1, 0.15) is 0 Å². The fourth-order valence-corrected chi connectivity index (χ4v) is 3.30. The molecule has 0 radical (unpaired) electrons. The topological polar surface area (TPSA) is 98.7 Å². The molecule has 3 heterocycles. The Morgan fingerprint density at radius 3 is 2.81 bits per heavy atom. The summed E-state index contributed by atoms with van der Waals surface area (Å²) in [5, 5.41) is 10.9. The SMILES string of the molecule is COCCOc1ccc(Cl)c(-c2ccc(OC3CN(C(=O)Nc4cccnn4)C3)nc2)c1. The summed E-state index contributed by atoms with van der Waals surface area (Å²) >= 11 is 6.36. The van der Waals surface area contributed by atoms with Crippen LogP contribution >= 0.6 is 11.6 Å². The van der Waals surface area contributed by atoms with Crippen molar-refractivity contribution in [2.24, 2.45) is 0 Å². The predicted octanol–water partition coefficient (Wildman–Crippen LogP) is 3.51. The van der Waals surface area contributed by atoms with Crippen LogP contribution in [0.5, 0.6) is 11.6 Å². The fraction of sp³-hybridized carbons (Fsp3) is 0.273. The van der Waals surface area contributed by atoms with Gasteiger partial charge in [0.05, 0.1) is 19.7 Å². The second-order valence-corrected chi connectivity index (χ2v) is 7.46. The average Bonchev–Trinajstić information content (AvgIpc) is 2.78. The summed E-state index contributed by atoms with van der Waals surface area (Å²) in [6, 6.07) is 12.3. The Morgan fingerprint density at radius 2 is 2.09 bits per heavy atom. The first kappa shape index (κ1) is 21.8. The third-order valence-corrected chi connectivity index (χ3v) is 5.10. The number of carbonyl (C=O) groups excluding carboxylic acids is 1. The summed E-state index contributed by atoms with van der Waals surface area (Å²) in [5.41, 5.74) is 1.66. The van der Waals surface area contributed by atoms with Crippen molar-refractivity contribution < 1.29 is 19.0 Å². The second kappa shape index (κ2) is 10.3. The van der Waals surface area contributed by atoms with E-state index in [1.54, 1.807) is 48.7 Å². The van der Waals surface area contributed by atoms with Crippen molar-refractivity contribution in [2.45, 2.75) is 6.10 Å². The van der Waals surface area contributed by atoms with Gasteiger partial charge < -0.3 is 19.1 Å². The number of aromatic nitrogens is 3. The molecular formula is C22H22ClN5O4. The molecule has 32 heavy (non-hydrogen) atoms. The van der Waals surface area contributed by atoms with Gasteiger partial charge in [-0.2, -0.15) is 5.10 Å². The molecule has 1 aliphatic rings. The summed E-state index contributed by atoms with van der Waals surface area (Å²) in [4.78, 5) is 18.2. The Kier molecular flexibility index (Phi) is 6.98. The van der Waals surface area contributed by atoms with E-state index >= 15 is 0 Å². The molecule has 2 aromatic heterocycles. The number of benzene rings is 1. The predicted molar refractivity (Wildman–Crippen MR) is 119 cm³/mol. The van der Waals surface area contributed by atoms with E-state index in [1.807, 2.05) is 18.2 Å². The smallest absolute Gasteiger partial charge is 0.323 e. The number of carbonyl (C=O) groups is 1. The number of nitrogens with zero attached hydrogens (tertiary/aromatic N) is 4. The number of urea groups is 1. The van der Waals surface area contributed by atoms with Crippen LogP contribution in [0, 0.1) is 0 Å². The van der Waals surface area contributed by atoms with Gasteiger partial charge in [-0.05, 0) is 36.4 Å². The molecule has 0 spiro atoms. The summed E-state index contributed by atoms with van der Waals surface area (Å²) in [5.74, 6) is 1.60. The van der Waals surface area contributed by atoms with Gasteiger partial charge in [0, 0.05) is 41.7 Å². The minimum Gasteiger partial charge on any atom is -0.491 e. The van der Waals surface area contributed by atoms with Crippen LogP contribution in [0.2, 0.25) is 5.02 Å². The molecular weight excluding hydrogens is 434 g/mol. The lowest BCUT2D eigenvalue weighted by molar-refractivity contribution is 0.0461. The first-order valence-electron chi connectivity index (χ1n) is 10.0. The van der Waals surface area contributed by atoms with Crippen LogP contribution in [0.4, 0.5) is 10.6 Å². The second-order valence-electron chi connectivity index (χ2n) is 7.05. The van der Waals surface area contributed by atoms with Crippen molar-refractivity contribution in [2.75, 3.05) is 38.7 Å². The maximum Gasteiger partial charge on any atom is 0.323 e. The average molecular weight is 456 g/mol. The highest BCUT2D eigenvalue weighted by molar-refractivity contribution is 6.33. The maximum absolute atomic E-state index is 12.2. The Hall–Kier alpha value is -3.43. The molecule has 1 saturated heterocycles. The molecule has 0 saturated carbocycles. The minimum absolute atomic E-state index is 0.123. The lowest BCUT2D eigenvalue weighted by Gasteiger charge is -2.38. The molecule has 1 aliphatic heterocycles. The van der Waals surface area contributed by atoms with E-state index < -0.39 is 0 Å². The van der Waals surface area contributed by atoms with Gasteiger partial charge in [0.2, 0.25) is 5.88 Å². The molecule has 0 atom stereocenters. The summed E-state index contributed by atoms with van der Waals surface area (Å²) < 4.78 is 16.5. The number of methoxy groups -OCH3 is 1. The van der Waals surface area contributed by atoms with Crippen LogP contribution in [-0.2, 0) is 4.74 Å². The number of rotatable bonds is 8. The quantitative estimate of drug-likeness (QED) is 0.519. The van der Waals surface area contributed by atoms with Crippen molar-refractivity contribution in [3.05, 3.63) is 59.9 Å². The molecule has 10 heteroatoms. The van der Waals surface area contributed by atoms with Crippen molar-refractivity contribution >= 4 is 23.4 Å². The molecule has 4 rings (SSSR count). The Labute approximate surface area is 190 Å². The van der Waals surface area contributed by atoms with E-state index in [9.17, 15) is 4.79 Å². The molecule has 3 aromatic rings. The molecule has 166 valence electrons.